The number of carbonyl (C=O) groups is 1. The molecule has 0 N–H and O–H groups in total. The summed E-state index contributed by atoms with van der Waals surface area (Å²) < 4.78 is 6.63. The molecule has 1 fully saturated rings. The van der Waals surface area contributed by atoms with E-state index >= 15 is 0 Å². The fourth-order valence-electron chi connectivity index (χ4n) is 3.88. The molecule has 5 rings (SSSR count). The number of benzene rings is 2. The highest BCUT2D eigenvalue weighted by Crippen LogP contribution is 2.32. The van der Waals surface area contributed by atoms with Gasteiger partial charge in [-0.25, -0.2) is 4.98 Å². The summed E-state index contributed by atoms with van der Waals surface area (Å²) in [5, 5.41) is 5.03. The number of thiazole rings is 1. The lowest BCUT2D eigenvalue weighted by Gasteiger charge is -2.34. The van der Waals surface area contributed by atoms with Crippen molar-refractivity contribution in [3.05, 3.63) is 65.4 Å². The first-order valence-corrected chi connectivity index (χ1v) is 10.8. The van der Waals surface area contributed by atoms with Gasteiger partial charge in [-0.05, 0) is 31.0 Å². The van der Waals surface area contributed by atoms with Crippen LogP contribution in [0, 0.1) is 13.8 Å². The molecule has 2 aromatic carbocycles. The number of hydrogen-bond donors (Lipinski definition) is 0. The highest BCUT2D eigenvalue weighted by molar-refractivity contribution is 7.22. The quantitative estimate of drug-likeness (QED) is 0.489. The van der Waals surface area contributed by atoms with E-state index in [0.717, 1.165) is 29.3 Å². The number of hydrogen-bond acceptors (Lipinski definition) is 6. The second kappa shape index (κ2) is 7.57. The first kappa shape index (κ1) is 18.8. The summed E-state index contributed by atoms with van der Waals surface area (Å²) >= 11 is 1.73. The van der Waals surface area contributed by atoms with Crippen molar-refractivity contribution in [3.8, 4) is 11.3 Å². The Morgan fingerprint density at radius 2 is 1.80 bits per heavy atom. The van der Waals surface area contributed by atoms with Gasteiger partial charge in [0, 0.05) is 37.8 Å². The topological polar surface area (TPSA) is 62.5 Å². The lowest BCUT2D eigenvalue weighted by molar-refractivity contribution is 0.0736. The molecule has 30 heavy (non-hydrogen) atoms. The molecular weight excluding hydrogens is 396 g/mol. The minimum Gasteiger partial charge on any atom is -0.355 e. The van der Waals surface area contributed by atoms with Crippen molar-refractivity contribution < 1.29 is 9.32 Å². The predicted molar refractivity (Wildman–Crippen MR) is 119 cm³/mol. The van der Waals surface area contributed by atoms with Crippen molar-refractivity contribution in [1.29, 1.82) is 0 Å². The van der Waals surface area contributed by atoms with E-state index in [-0.39, 0.29) is 5.91 Å². The largest absolute Gasteiger partial charge is 0.355 e. The van der Waals surface area contributed by atoms with Crippen LogP contribution < -0.4 is 4.90 Å². The molecule has 0 spiro atoms. The molecule has 152 valence electrons. The average Bonchev–Trinajstić information content (AvgIpc) is 3.42. The Kier molecular flexibility index (Phi) is 4.75. The fourth-order valence-corrected chi connectivity index (χ4v) is 4.94. The van der Waals surface area contributed by atoms with Gasteiger partial charge in [-0.15, -0.1) is 0 Å². The molecule has 7 heteroatoms. The molecule has 0 radical (unpaired) electrons. The zero-order valence-electron chi connectivity index (χ0n) is 17.0. The zero-order chi connectivity index (χ0) is 20.7. The van der Waals surface area contributed by atoms with Gasteiger partial charge in [-0.1, -0.05) is 52.9 Å². The molecule has 1 amide bonds. The molecule has 0 atom stereocenters. The van der Waals surface area contributed by atoms with Gasteiger partial charge >= 0.3 is 0 Å². The maximum atomic E-state index is 12.9. The lowest BCUT2D eigenvalue weighted by Crippen LogP contribution is -2.48. The molecule has 0 saturated carbocycles. The van der Waals surface area contributed by atoms with Crippen LogP contribution in [0.15, 0.2) is 53.1 Å². The number of amides is 1. The molecule has 1 saturated heterocycles. The molecule has 1 aliphatic rings. The number of aromatic nitrogens is 2. The van der Waals surface area contributed by atoms with Gasteiger partial charge in [0.1, 0.15) is 0 Å². The number of anilines is 1. The Bertz CT molecular complexity index is 1210. The number of piperazine rings is 1. The number of carbonyl (C=O) groups excluding carboxylic acids is 1. The van der Waals surface area contributed by atoms with E-state index in [9.17, 15) is 4.79 Å². The number of rotatable bonds is 3. The Balaban J connectivity index is 1.27. The molecule has 0 unspecified atom stereocenters. The maximum Gasteiger partial charge on any atom is 0.276 e. The van der Waals surface area contributed by atoms with Gasteiger partial charge in [-0.2, -0.15) is 0 Å². The predicted octanol–water partition coefficient (Wildman–Crippen LogP) is 4.53. The van der Waals surface area contributed by atoms with Crippen LogP contribution in [0.5, 0.6) is 0 Å². The summed E-state index contributed by atoms with van der Waals surface area (Å²) in [5.41, 5.74) is 4.82. The van der Waals surface area contributed by atoms with Crippen LogP contribution in [0.25, 0.3) is 21.5 Å². The van der Waals surface area contributed by atoms with E-state index in [1.165, 1.54) is 15.8 Å². The van der Waals surface area contributed by atoms with Gasteiger partial charge < -0.3 is 14.3 Å². The minimum atomic E-state index is -0.0867. The van der Waals surface area contributed by atoms with E-state index < -0.39 is 0 Å². The van der Waals surface area contributed by atoms with Crippen LogP contribution in [0.3, 0.4) is 0 Å². The van der Waals surface area contributed by atoms with Crippen molar-refractivity contribution in [2.45, 2.75) is 13.8 Å². The van der Waals surface area contributed by atoms with Gasteiger partial charge in [0.05, 0.1) is 10.2 Å². The number of aryl methyl sites for hydroxylation is 2. The van der Waals surface area contributed by atoms with Crippen LogP contribution in [0.4, 0.5) is 5.13 Å². The molecule has 0 bridgehead atoms. The van der Waals surface area contributed by atoms with E-state index in [2.05, 4.69) is 36.0 Å². The molecule has 0 aliphatic carbocycles. The monoisotopic (exact) mass is 418 g/mol. The van der Waals surface area contributed by atoms with Crippen LogP contribution >= 0.6 is 11.3 Å². The van der Waals surface area contributed by atoms with Crippen molar-refractivity contribution in [2.75, 3.05) is 31.1 Å². The SMILES string of the molecule is Cc1cc(C)c2sc(N3CCN(C(=O)c4cc(-c5ccccc5)on4)CC3)nc2c1. The first-order valence-electron chi connectivity index (χ1n) is 10.0. The molecule has 2 aromatic heterocycles. The Labute approximate surface area is 178 Å². The summed E-state index contributed by atoms with van der Waals surface area (Å²) in [6.07, 6.45) is 0. The summed E-state index contributed by atoms with van der Waals surface area (Å²) in [6, 6.07) is 15.7. The maximum absolute atomic E-state index is 12.9. The molecule has 4 aromatic rings. The second-order valence-corrected chi connectivity index (χ2v) is 8.63. The van der Waals surface area contributed by atoms with Crippen molar-refractivity contribution in [1.82, 2.24) is 15.0 Å². The Morgan fingerprint density at radius 3 is 2.57 bits per heavy atom. The van der Waals surface area contributed by atoms with E-state index in [1.807, 2.05) is 35.2 Å². The van der Waals surface area contributed by atoms with E-state index in [4.69, 9.17) is 9.51 Å². The van der Waals surface area contributed by atoms with Crippen LogP contribution in [-0.2, 0) is 0 Å². The highest BCUT2D eigenvalue weighted by atomic mass is 32.1. The first-order chi connectivity index (χ1) is 14.6. The fraction of sp³-hybridized carbons (Fsp3) is 0.261. The molecule has 3 heterocycles. The van der Waals surface area contributed by atoms with Crippen LogP contribution in [-0.4, -0.2) is 47.1 Å². The Hall–Kier alpha value is -3.19. The van der Waals surface area contributed by atoms with E-state index in [0.29, 0.717) is 24.5 Å². The summed E-state index contributed by atoms with van der Waals surface area (Å²) in [4.78, 5) is 21.8. The van der Waals surface area contributed by atoms with Gasteiger partial charge in [0.2, 0.25) is 0 Å². The summed E-state index contributed by atoms with van der Waals surface area (Å²) in [7, 11) is 0. The van der Waals surface area contributed by atoms with Gasteiger partial charge in [0.25, 0.3) is 5.91 Å². The third-order valence-corrected chi connectivity index (χ3v) is 6.70. The van der Waals surface area contributed by atoms with Crippen molar-refractivity contribution >= 4 is 32.6 Å². The van der Waals surface area contributed by atoms with Crippen LogP contribution in [0.1, 0.15) is 21.6 Å². The third kappa shape index (κ3) is 3.45. The number of fused-ring (bicyclic) bond motifs is 1. The lowest BCUT2D eigenvalue weighted by atomic mass is 10.1. The van der Waals surface area contributed by atoms with Crippen LogP contribution in [0.2, 0.25) is 0 Å². The zero-order valence-corrected chi connectivity index (χ0v) is 17.8. The summed E-state index contributed by atoms with van der Waals surface area (Å²) in [5.74, 6) is 0.522. The molecule has 1 aliphatic heterocycles. The summed E-state index contributed by atoms with van der Waals surface area (Å²) in [6.45, 7) is 7.03. The molecular formula is C23H22N4O2S. The second-order valence-electron chi connectivity index (χ2n) is 7.65. The van der Waals surface area contributed by atoms with Gasteiger partial charge in [-0.3, -0.25) is 4.79 Å². The Morgan fingerprint density at radius 1 is 1.03 bits per heavy atom. The van der Waals surface area contributed by atoms with Crippen molar-refractivity contribution in [2.24, 2.45) is 0 Å². The average molecular weight is 419 g/mol. The highest BCUT2D eigenvalue weighted by Gasteiger charge is 2.26. The molecule has 6 nitrogen and oxygen atoms in total. The van der Waals surface area contributed by atoms with E-state index in [1.54, 1.807) is 17.4 Å². The third-order valence-electron chi connectivity index (χ3n) is 5.43. The normalized spacial score (nSPS) is 14.5. The van der Waals surface area contributed by atoms with Crippen molar-refractivity contribution in [3.63, 3.8) is 0 Å². The van der Waals surface area contributed by atoms with Gasteiger partial charge in [0.15, 0.2) is 16.6 Å². The standard InChI is InChI=1S/C23H22N4O2S/c1-15-12-16(2)21-18(13-15)24-23(30-21)27-10-8-26(9-11-27)22(28)19-14-20(29-25-19)17-6-4-3-5-7-17/h3-7,12-14H,8-11H2,1-2H3. The smallest absolute Gasteiger partial charge is 0.276 e. The minimum absolute atomic E-state index is 0.0867. The number of nitrogens with zero attached hydrogens (tertiary/aromatic N) is 4.